The van der Waals surface area contributed by atoms with Crippen LogP contribution in [-0.4, -0.2) is 44.2 Å². The van der Waals surface area contributed by atoms with Crippen molar-refractivity contribution < 1.29 is 9.47 Å². The summed E-state index contributed by atoms with van der Waals surface area (Å²) in [6.07, 6.45) is 0.931. The first-order valence-corrected chi connectivity index (χ1v) is 9.39. The van der Waals surface area contributed by atoms with Gasteiger partial charge in [0.1, 0.15) is 22.2 Å². The number of aromatic nitrogens is 6. The average molecular weight is 384 g/mol. The van der Waals surface area contributed by atoms with E-state index in [9.17, 15) is 0 Å². The molecular weight excluding hydrogens is 364 g/mol. The topological polar surface area (TPSA) is 90.2 Å². The Kier molecular flexibility index (Phi) is 4.53. The molecule has 0 bridgehead atoms. The summed E-state index contributed by atoms with van der Waals surface area (Å²) < 4.78 is 12.4. The van der Waals surface area contributed by atoms with Gasteiger partial charge in [-0.05, 0) is 30.5 Å². The summed E-state index contributed by atoms with van der Waals surface area (Å²) in [5, 5.41) is 21.4. The van der Waals surface area contributed by atoms with Crippen LogP contribution in [0.25, 0.3) is 27.1 Å². The highest BCUT2D eigenvalue weighted by molar-refractivity contribution is 7.19. The summed E-state index contributed by atoms with van der Waals surface area (Å²) in [4.78, 5) is 0.704. The van der Waals surface area contributed by atoms with Gasteiger partial charge in [-0.25, -0.2) is 0 Å². The zero-order chi connectivity index (χ0) is 19.0. The lowest BCUT2D eigenvalue weighted by Gasteiger charge is -2.06. The number of aromatic amines is 1. The molecule has 0 unspecified atom stereocenters. The molecule has 1 aromatic carbocycles. The Balaban J connectivity index is 1.73. The maximum absolute atomic E-state index is 5.35. The van der Waals surface area contributed by atoms with Crippen molar-refractivity contribution in [3.63, 3.8) is 0 Å². The Morgan fingerprint density at radius 3 is 2.48 bits per heavy atom. The largest absolute Gasteiger partial charge is 0.497 e. The van der Waals surface area contributed by atoms with Gasteiger partial charge >= 0.3 is 0 Å². The quantitative estimate of drug-likeness (QED) is 0.547. The van der Waals surface area contributed by atoms with E-state index < -0.39 is 0 Å². The average Bonchev–Trinajstić information content (AvgIpc) is 3.36. The highest BCUT2D eigenvalue weighted by Gasteiger charge is 2.18. The number of methoxy groups -OCH3 is 2. The maximum atomic E-state index is 5.35. The number of hydrogen-bond donors (Lipinski definition) is 1. The molecule has 0 aliphatic carbocycles. The molecular formula is C18H20N6O2S. The van der Waals surface area contributed by atoms with Crippen LogP contribution in [-0.2, 0) is 6.42 Å². The molecule has 0 atom stereocenters. The van der Waals surface area contributed by atoms with Gasteiger partial charge in [0.25, 0.3) is 0 Å². The standard InChI is InChI=1S/C18H20N6O2S/c1-10(2)5-12-8-15(20-19-12)16-21-22-18-24(16)23-17(27-18)11-6-13(25-3)9-14(7-11)26-4/h6-10H,5H2,1-4H3,(H,19,20). The number of nitrogens with zero attached hydrogens (tertiary/aromatic N) is 5. The molecule has 0 aliphatic rings. The molecule has 4 aromatic rings. The predicted octanol–water partition coefficient (Wildman–Crippen LogP) is 3.46. The third kappa shape index (κ3) is 3.37. The van der Waals surface area contributed by atoms with E-state index in [1.54, 1.807) is 18.7 Å². The van der Waals surface area contributed by atoms with E-state index in [2.05, 4.69) is 39.3 Å². The van der Waals surface area contributed by atoms with Crippen molar-refractivity contribution in [3.05, 3.63) is 30.0 Å². The molecule has 1 N–H and O–H groups in total. The highest BCUT2D eigenvalue weighted by Crippen LogP contribution is 2.33. The molecule has 140 valence electrons. The molecule has 0 radical (unpaired) electrons. The fourth-order valence-electron chi connectivity index (χ4n) is 2.84. The number of nitrogens with one attached hydrogen (secondary N) is 1. The minimum Gasteiger partial charge on any atom is -0.497 e. The van der Waals surface area contributed by atoms with Gasteiger partial charge in [-0.3, -0.25) is 5.10 Å². The third-order valence-corrected chi connectivity index (χ3v) is 5.03. The van der Waals surface area contributed by atoms with Gasteiger partial charge in [-0.15, -0.1) is 10.2 Å². The van der Waals surface area contributed by atoms with Crippen molar-refractivity contribution in [2.45, 2.75) is 20.3 Å². The minimum absolute atomic E-state index is 0.547. The molecule has 0 aliphatic heterocycles. The Labute approximate surface area is 160 Å². The second kappa shape index (κ2) is 6.99. The van der Waals surface area contributed by atoms with Gasteiger partial charge in [0.05, 0.1) is 14.2 Å². The molecule has 3 heterocycles. The molecule has 4 rings (SSSR count). The fraction of sp³-hybridized carbons (Fsp3) is 0.333. The predicted molar refractivity (Wildman–Crippen MR) is 103 cm³/mol. The molecule has 0 fully saturated rings. The van der Waals surface area contributed by atoms with E-state index in [-0.39, 0.29) is 0 Å². The Hall–Kier alpha value is -2.94. The number of H-pyrrole nitrogens is 1. The molecule has 0 amide bonds. The number of ether oxygens (including phenoxy) is 2. The van der Waals surface area contributed by atoms with Crippen LogP contribution < -0.4 is 9.47 Å². The van der Waals surface area contributed by atoms with Gasteiger partial charge in [0.15, 0.2) is 0 Å². The fourth-order valence-corrected chi connectivity index (χ4v) is 3.67. The van der Waals surface area contributed by atoms with Gasteiger partial charge in [-0.1, -0.05) is 25.2 Å². The van der Waals surface area contributed by atoms with E-state index in [0.29, 0.717) is 28.2 Å². The summed E-state index contributed by atoms with van der Waals surface area (Å²) in [6.45, 7) is 4.34. The van der Waals surface area contributed by atoms with E-state index in [1.165, 1.54) is 11.3 Å². The first kappa shape index (κ1) is 17.5. The van der Waals surface area contributed by atoms with Crippen LogP contribution in [0.4, 0.5) is 0 Å². The van der Waals surface area contributed by atoms with Crippen LogP contribution in [0.3, 0.4) is 0 Å². The SMILES string of the molecule is COc1cc(OC)cc(-c2nn3c(-c4cc(CC(C)C)[nH]n4)nnc3s2)c1. The molecule has 8 nitrogen and oxygen atoms in total. The zero-order valence-electron chi connectivity index (χ0n) is 15.6. The van der Waals surface area contributed by atoms with Crippen LogP contribution in [0.2, 0.25) is 0 Å². The van der Waals surface area contributed by atoms with Gasteiger partial charge in [0, 0.05) is 17.3 Å². The Morgan fingerprint density at radius 2 is 1.81 bits per heavy atom. The summed E-state index contributed by atoms with van der Waals surface area (Å²) in [5.41, 5.74) is 2.71. The lowest BCUT2D eigenvalue weighted by Crippen LogP contribution is -1.93. The van der Waals surface area contributed by atoms with Crippen molar-refractivity contribution >= 4 is 16.3 Å². The summed E-state index contributed by atoms with van der Waals surface area (Å²) in [5.74, 6) is 2.58. The summed E-state index contributed by atoms with van der Waals surface area (Å²) in [6, 6.07) is 7.67. The van der Waals surface area contributed by atoms with Crippen LogP contribution in [0.1, 0.15) is 19.5 Å². The third-order valence-electron chi connectivity index (χ3n) is 4.08. The number of hydrogen-bond acceptors (Lipinski definition) is 7. The van der Waals surface area contributed by atoms with Crippen LogP contribution in [0, 0.1) is 5.92 Å². The van der Waals surface area contributed by atoms with Crippen LogP contribution in [0.15, 0.2) is 24.3 Å². The monoisotopic (exact) mass is 384 g/mol. The Bertz CT molecular complexity index is 1060. The van der Waals surface area contributed by atoms with Gasteiger partial charge in [0.2, 0.25) is 10.8 Å². The van der Waals surface area contributed by atoms with E-state index >= 15 is 0 Å². The van der Waals surface area contributed by atoms with Gasteiger partial charge < -0.3 is 9.47 Å². The van der Waals surface area contributed by atoms with Gasteiger partial charge in [-0.2, -0.15) is 14.7 Å². The van der Waals surface area contributed by atoms with Crippen molar-refractivity contribution in [3.8, 4) is 33.6 Å². The van der Waals surface area contributed by atoms with E-state index in [1.807, 2.05) is 24.3 Å². The lowest BCUT2D eigenvalue weighted by molar-refractivity contribution is 0.394. The molecule has 0 saturated carbocycles. The van der Waals surface area contributed by atoms with Crippen molar-refractivity contribution in [2.75, 3.05) is 14.2 Å². The molecule has 0 spiro atoms. The number of fused-ring (bicyclic) bond motifs is 1. The first-order chi connectivity index (χ1) is 13.1. The van der Waals surface area contributed by atoms with Crippen molar-refractivity contribution in [2.24, 2.45) is 5.92 Å². The second-order valence-electron chi connectivity index (χ2n) is 6.60. The van der Waals surface area contributed by atoms with Crippen molar-refractivity contribution in [1.82, 2.24) is 30.0 Å². The summed E-state index contributed by atoms with van der Waals surface area (Å²) in [7, 11) is 3.25. The summed E-state index contributed by atoms with van der Waals surface area (Å²) >= 11 is 1.45. The highest BCUT2D eigenvalue weighted by atomic mass is 32.1. The second-order valence-corrected chi connectivity index (χ2v) is 7.56. The molecule has 0 saturated heterocycles. The maximum Gasteiger partial charge on any atom is 0.235 e. The van der Waals surface area contributed by atoms with E-state index in [0.717, 1.165) is 28.4 Å². The minimum atomic E-state index is 0.547. The molecule has 9 heteroatoms. The number of benzene rings is 1. The Morgan fingerprint density at radius 1 is 1.07 bits per heavy atom. The van der Waals surface area contributed by atoms with Crippen LogP contribution >= 0.6 is 11.3 Å². The van der Waals surface area contributed by atoms with Crippen LogP contribution in [0.5, 0.6) is 11.5 Å². The normalized spacial score (nSPS) is 11.4. The lowest BCUT2D eigenvalue weighted by atomic mass is 10.1. The van der Waals surface area contributed by atoms with Crippen molar-refractivity contribution in [1.29, 1.82) is 0 Å². The number of rotatable bonds is 6. The molecule has 3 aromatic heterocycles. The first-order valence-electron chi connectivity index (χ1n) is 8.57. The molecule has 27 heavy (non-hydrogen) atoms. The smallest absolute Gasteiger partial charge is 0.235 e. The van der Waals surface area contributed by atoms with E-state index in [4.69, 9.17) is 9.47 Å². The zero-order valence-corrected chi connectivity index (χ0v) is 16.4.